The van der Waals surface area contributed by atoms with Crippen molar-refractivity contribution >= 4 is 11.9 Å². The molecule has 2 aromatic carbocycles. The number of methoxy groups -OCH3 is 2. The van der Waals surface area contributed by atoms with Crippen molar-refractivity contribution in [3.63, 3.8) is 0 Å². The highest BCUT2D eigenvalue weighted by molar-refractivity contribution is 5.92. The number of carbonyl (C=O) groups excluding carboxylic acids is 2. The van der Waals surface area contributed by atoms with E-state index >= 15 is 0 Å². The second kappa shape index (κ2) is 9.93. The molecule has 29 heavy (non-hydrogen) atoms. The molecule has 7 heteroatoms. The SMILES string of the molecule is COc1cc(OC)cc(C(=O)OCC(=O)N2CCN(Cc3ccccc3)CC2)c1. The lowest BCUT2D eigenvalue weighted by Gasteiger charge is -2.34. The summed E-state index contributed by atoms with van der Waals surface area (Å²) in [7, 11) is 3.01. The predicted molar refractivity (Wildman–Crippen MR) is 108 cm³/mol. The summed E-state index contributed by atoms with van der Waals surface area (Å²) in [6.45, 7) is 3.42. The molecule has 1 amide bonds. The van der Waals surface area contributed by atoms with Gasteiger partial charge in [0.2, 0.25) is 0 Å². The van der Waals surface area contributed by atoms with Gasteiger partial charge in [0.25, 0.3) is 5.91 Å². The Bertz CT molecular complexity index is 810. The van der Waals surface area contributed by atoms with Crippen LogP contribution in [0.1, 0.15) is 15.9 Å². The quantitative estimate of drug-likeness (QED) is 0.666. The molecule has 154 valence electrons. The van der Waals surface area contributed by atoms with Gasteiger partial charge in [0.05, 0.1) is 19.8 Å². The Morgan fingerprint density at radius 1 is 0.897 bits per heavy atom. The van der Waals surface area contributed by atoms with E-state index in [0.29, 0.717) is 24.6 Å². The van der Waals surface area contributed by atoms with Crippen LogP contribution in [-0.4, -0.2) is 68.7 Å². The highest BCUT2D eigenvalue weighted by Crippen LogP contribution is 2.23. The maximum atomic E-state index is 12.4. The standard InChI is InChI=1S/C22H26N2O5/c1-27-19-12-18(13-20(14-19)28-2)22(26)29-16-21(25)24-10-8-23(9-11-24)15-17-6-4-3-5-7-17/h3-7,12-14H,8-11,15-16H2,1-2H3. The average Bonchev–Trinajstić information content (AvgIpc) is 2.78. The van der Waals surface area contributed by atoms with E-state index in [1.54, 1.807) is 23.1 Å². The Morgan fingerprint density at radius 2 is 1.52 bits per heavy atom. The van der Waals surface area contributed by atoms with Crippen molar-refractivity contribution in [1.82, 2.24) is 9.80 Å². The van der Waals surface area contributed by atoms with Crippen molar-refractivity contribution in [2.45, 2.75) is 6.54 Å². The fraction of sp³-hybridized carbons (Fsp3) is 0.364. The van der Waals surface area contributed by atoms with Crippen molar-refractivity contribution < 1.29 is 23.8 Å². The molecule has 0 bridgehead atoms. The monoisotopic (exact) mass is 398 g/mol. The van der Waals surface area contributed by atoms with Crippen LogP contribution in [0, 0.1) is 0 Å². The highest BCUT2D eigenvalue weighted by atomic mass is 16.5. The lowest BCUT2D eigenvalue weighted by atomic mass is 10.2. The molecule has 0 spiro atoms. The van der Waals surface area contributed by atoms with Crippen LogP contribution in [0.4, 0.5) is 0 Å². The van der Waals surface area contributed by atoms with Gasteiger partial charge in [-0.2, -0.15) is 0 Å². The number of carbonyl (C=O) groups is 2. The molecule has 0 unspecified atom stereocenters. The molecule has 0 aromatic heterocycles. The first-order chi connectivity index (χ1) is 14.1. The van der Waals surface area contributed by atoms with E-state index in [-0.39, 0.29) is 18.1 Å². The van der Waals surface area contributed by atoms with Crippen molar-refractivity contribution in [3.05, 3.63) is 59.7 Å². The number of ether oxygens (including phenoxy) is 3. The van der Waals surface area contributed by atoms with Crippen molar-refractivity contribution in [2.24, 2.45) is 0 Å². The largest absolute Gasteiger partial charge is 0.497 e. The first-order valence-corrected chi connectivity index (χ1v) is 9.53. The topological polar surface area (TPSA) is 68.3 Å². The molecule has 1 saturated heterocycles. The number of hydrogen-bond donors (Lipinski definition) is 0. The molecule has 0 atom stereocenters. The Morgan fingerprint density at radius 3 is 2.10 bits per heavy atom. The number of amides is 1. The van der Waals surface area contributed by atoms with E-state index in [4.69, 9.17) is 14.2 Å². The number of rotatable bonds is 7. The fourth-order valence-electron chi connectivity index (χ4n) is 3.22. The molecule has 1 aliphatic rings. The third-order valence-corrected chi connectivity index (χ3v) is 4.89. The summed E-state index contributed by atoms with van der Waals surface area (Å²) in [5, 5.41) is 0. The number of hydrogen-bond acceptors (Lipinski definition) is 6. The molecular formula is C22H26N2O5. The van der Waals surface area contributed by atoms with Gasteiger partial charge in [0.15, 0.2) is 6.61 Å². The molecule has 3 rings (SSSR count). The Balaban J connectivity index is 1.47. The van der Waals surface area contributed by atoms with E-state index in [0.717, 1.165) is 19.6 Å². The Hall–Kier alpha value is -3.06. The zero-order valence-electron chi connectivity index (χ0n) is 16.8. The van der Waals surface area contributed by atoms with Gasteiger partial charge in [-0.25, -0.2) is 4.79 Å². The van der Waals surface area contributed by atoms with Gasteiger partial charge in [0, 0.05) is 38.8 Å². The van der Waals surface area contributed by atoms with E-state index < -0.39 is 5.97 Å². The van der Waals surface area contributed by atoms with Crippen LogP contribution in [-0.2, 0) is 16.1 Å². The second-order valence-electron chi connectivity index (χ2n) is 6.82. The molecule has 0 saturated carbocycles. The zero-order chi connectivity index (χ0) is 20.6. The minimum Gasteiger partial charge on any atom is -0.497 e. The van der Waals surface area contributed by atoms with E-state index in [1.807, 2.05) is 18.2 Å². The van der Waals surface area contributed by atoms with Crippen molar-refractivity contribution in [2.75, 3.05) is 47.0 Å². The maximum Gasteiger partial charge on any atom is 0.338 e. The fourth-order valence-corrected chi connectivity index (χ4v) is 3.22. The summed E-state index contributed by atoms with van der Waals surface area (Å²) in [6, 6.07) is 15.0. The molecular weight excluding hydrogens is 372 g/mol. The predicted octanol–water partition coefficient (Wildman–Crippen LogP) is 2.20. The molecule has 2 aromatic rings. The summed E-state index contributed by atoms with van der Waals surface area (Å²) < 4.78 is 15.5. The van der Waals surface area contributed by atoms with Crippen molar-refractivity contribution in [3.8, 4) is 11.5 Å². The van der Waals surface area contributed by atoms with Gasteiger partial charge in [-0.1, -0.05) is 30.3 Å². The molecule has 0 radical (unpaired) electrons. The van der Waals surface area contributed by atoms with Crippen LogP contribution in [0.3, 0.4) is 0 Å². The van der Waals surface area contributed by atoms with Crippen LogP contribution in [0.15, 0.2) is 48.5 Å². The normalized spacial score (nSPS) is 14.3. The molecule has 1 fully saturated rings. The first kappa shape index (κ1) is 20.7. The summed E-state index contributed by atoms with van der Waals surface area (Å²) in [6.07, 6.45) is 0. The first-order valence-electron chi connectivity index (χ1n) is 9.53. The Kier molecular flexibility index (Phi) is 7.08. The highest BCUT2D eigenvalue weighted by Gasteiger charge is 2.22. The number of nitrogens with zero attached hydrogens (tertiary/aromatic N) is 2. The molecule has 7 nitrogen and oxygen atoms in total. The third-order valence-electron chi connectivity index (χ3n) is 4.89. The van der Waals surface area contributed by atoms with Gasteiger partial charge >= 0.3 is 5.97 Å². The molecule has 0 aliphatic carbocycles. The van der Waals surface area contributed by atoms with Gasteiger partial charge in [0.1, 0.15) is 11.5 Å². The van der Waals surface area contributed by atoms with Crippen LogP contribution >= 0.6 is 0 Å². The molecule has 0 N–H and O–H groups in total. The van der Waals surface area contributed by atoms with Crippen LogP contribution in [0.5, 0.6) is 11.5 Å². The molecule has 1 aliphatic heterocycles. The summed E-state index contributed by atoms with van der Waals surface area (Å²) in [5.41, 5.74) is 1.54. The van der Waals surface area contributed by atoms with Gasteiger partial charge < -0.3 is 19.1 Å². The maximum absolute atomic E-state index is 12.4. The minimum absolute atomic E-state index is 0.187. The second-order valence-corrected chi connectivity index (χ2v) is 6.82. The number of benzene rings is 2. The van der Waals surface area contributed by atoms with Crippen LogP contribution in [0.25, 0.3) is 0 Å². The number of piperazine rings is 1. The van der Waals surface area contributed by atoms with E-state index in [9.17, 15) is 9.59 Å². The van der Waals surface area contributed by atoms with Crippen molar-refractivity contribution in [1.29, 1.82) is 0 Å². The molecule has 1 heterocycles. The van der Waals surface area contributed by atoms with Crippen LogP contribution in [0.2, 0.25) is 0 Å². The van der Waals surface area contributed by atoms with E-state index in [2.05, 4.69) is 17.0 Å². The zero-order valence-corrected chi connectivity index (χ0v) is 16.8. The lowest BCUT2D eigenvalue weighted by molar-refractivity contribution is -0.136. The van der Waals surface area contributed by atoms with Gasteiger partial charge in [-0.15, -0.1) is 0 Å². The Labute approximate surface area is 170 Å². The van der Waals surface area contributed by atoms with Gasteiger partial charge in [-0.3, -0.25) is 9.69 Å². The third kappa shape index (κ3) is 5.71. The summed E-state index contributed by atoms with van der Waals surface area (Å²) >= 11 is 0. The minimum atomic E-state index is -0.585. The lowest BCUT2D eigenvalue weighted by Crippen LogP contribution is -2.49. The number of esters is 1. The van der Waals surface area contributed by atoms with Gasteiger partial charge in [-0.05, 0) is 17.7 Å². The smallest absolute Gasteiger partial charge is 0.338 e. The summed E-state index contributed by atoms with van der Waals surface area (Å²) in [4.78, 5) is 28.8. The average molecular weight is 398 g/mol. The van der Waals surface area contributed by atoms with Crippen LogP contribution < -0.4 is 9.47 Å². The summed E-state index contributed by atoms with van der Waals surface area (Å²) in [5.74, 6) is 0.195. The van der Waals surface area contributed by atoms with E-state index in [1.165, 1.54) is 19.8 Å².